The number of primary amides is 1. The Morgan fingerprint density at radius 3 is 2.76 bits per heavy atom. The molecule has 8 heteroatoms. The molecule has 8 nitrogen and oxygen atoms in total. The average molecular weight is 337 g/mol. The molecule has 1 saturated carbocycles. The molecule has 1 aromatic heterocycles. The van der Waals surface area contributed by atoms with Gasteiger partial charge in [0.05, 0.1) is 23.1 Å². The highest BCUT2D eigenvalue weighted by Gasteiger charge is 2.24. The van der Waals surface area contributed by atoms with Gasteiger partial charge in [-0.05, 0) is 37.0 Å². The van der Waals surface area contributed by atoms with Gasteiger partial charge in [0.15, 0.2) is 5.84 Å². The number of carbonyl (C=O) groups is 1. The van der Waals surface area contributed by atoms with Crippen LogP contribution in [-0.4, -0.2) is 28.3 Å². The van der Waals surface area contributed by atoms with Crippen molar-refractivity contribution in [1.82, 2.24) is 15.0 Å². The molecule has 25 heavy (non-hydrogen) atoms. The van der Waals surface area contributed by atoms with Crippen molar-refractivity contribution in [2.45, 2.75) is 18.9 Å². The van der Waals surface area contributed by atoms with E-state index in [0.29, 0.717) is 6.04 Å². The summed E-state index contributed by atoms with van der Waals surface area (Å²) in [6.45, 7) is 0. The summed E-state index contributed by atoms with van der Waals surface area (Å²) >= 11 is 0. The summed E-state index contributed by atoms with van der Waals surface area (Å²) in [6.07, 6.45) is 4.25. The molecule has 3 rings (SSSR count). The van der Waals surface area contributed by atoms with Crippen molar-refractivity contribution >= 4 is 22.8 Å². The number of amides is 1. The predicted octanol–water partition coefficient (Wildman–Crippen LogP) is -0.0876. The molecule has 1 heterocycles. The Hall–Kier alpha value is -3.31. The van der Waals surface area contributed by atoms with Crippen molar-refractivity contribution in [1.29, 1.82) is 0 Å². The van der Waals surface area contributed by atoms with Crippen molar-refractivity contribution < 1.29 is 4.79 Å². The Morgan fingerprint density at radius 1 is 1.40 bits per heavy atom. The Kier molecular flexibility index (Phi) is 4.41. The minimum Gasteiger partial charge on any atom is -0.391 e. The number of hydrogen-bond donors (Lipinski definition) is 4. The van der Waals surface area contributed by atoms with Crippen LogP contribution in [0.25, 0.3) is 11.0 Å². The smallest absolute Gasteiger partial charge is 0.255 e. The first-order valence-corrected chi connectivity index (χ1v) is 7.77. The van der Waals surface area contributed by atoms with Gasteiger partial charge in [-0.3, -0.25) is 9.79 Å². The Morgan fingerprint density at radius 2 is 2.16 bits per heavy atom. The predicted molar refractivity (Wildman–Crippen MR) is 96.0 cm³/mol. The molecular formula is C17H19N7O. The number of fused-ring (bicyclic) bond motifs is 1. The number of allylic oxidation sites excluding steroid dienone is 1. The number of benzene rings is 1. The van der Waals surface area contributed by atoms with Crippen molar-refractivity contribution in [3.63, 3.8) is 0 Å². The molecule has 128 valence electrons. The van der Waals surface area contributed by atoms with Gasteiger partial charge in [0.25, 0.3) is 5.91 Å². The first-order chi connectivity index (χ1) is 12.0. The molecule has 0 radical (unpaired) electrons. The van der Waals surface area contributed by atoms with Crippen molar-refractivity contribution in [3.8, 4) is 11.8 Å². The number of amidine groups is 1. The molecular weight excluding hydrogens is 318 g/mol. The lowest BCUT2D eigenvalue weighted by Gasteiger charge is -2.07. The number of nitrogens with zero attached hydrogens (tertiary/aromatic N) is 3. The van der Waals surface area contributed by atoms with Gasteiger partial charge in [-0.25, -0.2) is 10.8 Å². The first-order valence-electron chi connectivity index (χ1n) is 7.77. The molecule has 0 saturated heterocycles. The summed E-state index contributed by atoms with van der Waals surface area (Å²) in [5, 5.41) is 0. The minimum absolute atomic E-state index is 0.00495. The fourth-order valence-corrected chi connectivity index (χ4v) is 2.58. The number of aromatic nitrogens is 2. The molecule has 0 bridgehead atoms. The number of rotatable bonds is 3. The molecule has 0 atom stereocenters. The van der Waals surface area contributed by atoms with Crippen LogP contribution in [0.4, 0.5) is 0 Å². The zero-order valence-corrected chi connectivity index (χ0v) is 13.8. The molecule has 0 spiro atoms. The number of carbonyl (C=O) groups excluding carboxylic acids is 1. The van der Waals surface area contributed by atoms with E-state index in [1.807, 2.05) is 24.5 Å². The van der Waals surface area contributed by atoms with E-state index in [0.717, 1.165) is 16.6 Å². The lowest BCUT2D eigenvalue weighted by atomic mass is 10.1. The molecule has 1 aliphatic carbocycles. The number of aliphatic imine (C=N–C) groups is 1. The zero-order valence-electron chi connectivity index (χ0n) is 13.8. The van der Waals surface area contributed by atoms with Crippen LogP contribution in [0, 0.1) is 11.8 Å². The normalized spacial score (nSPS) is 15.4. The molecule has 0 unspecified atom stereocenters. The zero-order chi connectivity index (χ0) is 18.0. The summed E-state index contributed by atoms with van der Waals surface area (Å²) in [5.41, 5.74) is 16.2. The average Bonchev–Trinajstić information content (AvgIpc) is 3.36. The molecule has 1 aliphatic rings. The number of nitrogens with one attached hydrogen (secondary N) is 1. The van der Waals surface area contributed by atoms with Crippen LogP contribution in [-0.2, 0) is 4.79 Å². The monoisotopic (exact) mass is 337 g/mol. The van der Waals surface area contributed by atoms with Gasteiger partial charge in [0, 0.05) is 18.7 Å². The number of hydrazine groups is 1. The second kappa shape index (κ2) is 6.67. The van der Waals surface area contributed by atoms with Gasteiger partial charge in [0.1, 0.15) is 5.57 Å². The Bertz CT molecular complexity index is 954. The summed E-state index contributed by atoms with van der Waals surface area (Å²) in [6, 6.07) is 6.33. The second-order valence-corrected chi connectivity index (χ2v) is 5.71. The maximum Gasteiger partial charge on any atom is 0.255 e. The van der Waals surface area contributed by atoms with E-state index in [1.165, 1.54) is 19.9 Å². The number of imidazole rings is 1. The van der Waals surface area contributed by atoms with E-state index in [2.05, 4.69) is 31.8 Å². The quantitative estimate of drug-likeness (QED) is 0.155. The van der Waals surface area contributed by atoms with Crippen LogP contribution in [0.15, 0.2) is 40.8 Å². The Balaban J connectivity index is 1.95. The SMILES string of the molecule is CN=C(NN)/C(C(N)=O)=C(\N)C#Cc1ccc2c(c1)ncn2C1CC1. The topological polar surface area (TPSA) is 137 Å². The van der Waals surface area contributed by atoms with E-state index in [1.54, 1.807) is 0 Å². The van der Waals surface area contributed by atoms with Crippen LogP contribution in [0.2, 0.25) is 0 Å². The Labute approximate surface area is 144 Å². The fraction of sp³-hybridized carbons (Fsp3) is 0.235. The molecule has 7 N–H and O–H groups in total. The van der Waals surface area contributed by atoms with E-state index in [9.17, 15) is 4.79 Å². The molecule has 0 aliphatic heterocycles. The lowest BCUT2D eigenvalue weighted by molar-refractivity contribution is -0.114. The van der Waals surface area contributed by atoms with Crippen LogP contribution in [0.1, 0.15) is 24.4 Å². The van der Waals surface area contributed by atoms with Crippen LogP contribution >= 0.6 is 0 Å². The minimum atomic E-state index is -0.760. The van der Waals surface area contributed by atoms with E-state index >= 15 is 0 Å². The molecule has 2 aromatic rings. The fourth-order valence-electron chi connectivity index (χ4n) is 2.58. The van der Waals surface area contributed by atoms with Gasteiger partial charge >= 0.3 is 0 Å². The molecule has 1 amide bonds. The summed E-state index contributed by atoms with van der Waals surface area (Å²) in [5.74, 6) is 10.3. The van der Waals surface area contributed by atoms with Crippen LogP contribution < -0.4 is 22.7 Å². The molecule has 1 aromatic carbocycles. The lowest BCUT2D eigenvalue weighted by Crippen LogP contribution is -2.37. The third-order valence-electron chi connectivity index (χ3n) is 3.97. The summed E-state index contributed by atoms with van der Waals surface area (Å²) in [7, 11) is 1.46. The van der Waals surface area contributed by atoms with Crippen molar-refractivity contribution in [3.05, 3.63) is 41.4 Å². The van der Waals surface area contributed by atoms with Gasteiger partial charge in [-0.15, -0.1) is 0 Å². The van der Waals surface area contributed by atoms with Gasteiger partial charge < -0.3 is 21.5 Å². The highest BCUT2D eigenvalue weighted by atomic mass is 16.1. The van der Waals surface area contributed by atoms with E-state index < -0.39 is 5.91 Å². The highest BCUT2D eigenvalue weighted by molar-refractivity contribution is 6.21. The second-order valence-electron chi connectivity index (χ2n) is 5.71. The molecule has 1 fully saturated rings. The van der Waals surface area contributed by atoms with Crippen molar-refractivity contribution in [2.24, 2.45) is 22.3 Å². The van der Waals surface area contributed by atoms with Gasteiger partial charge in [-0.2, -0.15) is 0 Å². The van der Waals surface area contributed by atoms with Crippen LogP contribution in [0.5, 0.6) is 0 Å². The van der Waals surface area contributed by atoms with Crippen molar-refractivity contribution in [2.75, 3.05) is 7.05 Å². The van der Waals surface area contributed by atoms with E-state index in [-0.39, 0.29) is 17.1 Å². The van der Waals surface area contributed by atoms with Crippen LogP contribution in [0.3, 0.4) is 0 Å². The van der Waals surface area contributed by atoms with Gasteiger partial charge in [-0.1, -0.05) is 5.92 Å². The van der Waals surface area contributed by atoms with Gasteiger partial charge in [0.2, 0.25) is 0 Å². The van der Waals surface area contributed by atoms with E-state index in [4.69, 9.17) is 17.3 Å². The first kappa shape index (κ1) is 16.5. The summed E-state index contributed by atoms with van der Waals surface area (Å²) < 4.78 is 2.18. The number of hydrogen-bond acceptors (Lipinski definition) is 5. The highest BCUT2D eigenvalue weighted by Crippen LogP contribution is 2.37. The third-order valence-corrected chi connectivity index (χ3v) is 3.97. The number of nitrogens with two attached hydrogens (primary N) is 3. The largest absolute Gasteiger partial charge is 0.391 e. The third kappa shape index (κ3) is 3.32. The summed E-state index contributed by atoms with van der Waals surface area (Å²) in [4.78, 5) is 19.8. The standard InChI is InChI=1S/C17H19N7O/c1-21-17(23-20)15(16(19)25)12(18)6-2-10-3-7-14-13(8-10)22-9-24(14)11-4-5-11/h3,7-9,11H,4-5,18,20H2,1H3,(H2,19,25)(H,21,23)/b15-12-. The maximum absolute atomic E-state index is 11.6. The maximum atomic E-state index is 11.6.